The fourth-order valence-electron chi connectivity index (χ4n) is 6.85. The number of thioether (sulfide) groups is 1. The Balaban J connectivity index is 1.24. The van der Waals surface area contributed by atoms with Crippen LogP contribution >= 0.6 is 11.8 Å². The standard InChI is InChI=1S/C40H47N3O8S/c1-5-6-8-12-26-20-31(44)34(30-19-25(4)16-17-29(30)24(2)3)32(21-26)51-40(49)41-18-11-13-27-23-52-38-35(37(46)43(38)36(27)39(47)48)42-33(45)22-50-28-14-9-7-10-15-28/h7,9-11,13-15,19-21,29-30,35,38,44H,2,5-6,8,12,16-18,22-23H2,1,3-4H3,(H,41,49)(H,42,45)(H,47,48)/b13-11+/t29-,30+,35+,38+/m0/s1. The number of rotatable bonds is 15. The fourth-order valence-corrected chi connectivity index (χ4v) is 8.17. The van der Waals surface area contributed by atoms with Gasteiger partial charge in [0.15, 0.2) is 6.61 Å². The number of fused-ring (bicyclic) bond motifs is 1. The lowest BCUT2D eigenvalue weighted by atomic mass is 9.73. The molecule has 0 spiro atoms. The summed E-state index contributed by atoms with van der Waals surface area (Å²) in [6.45, 7) is 10.1. The summed E-state index contributed by atoms with van der Waals surface area (Å²) < 4.78 is 11.3. The molecular weight excluding hydrogens is 683 g/mol. The van der Waals surface area contributed by atoms with Crippen LogP contribution in [0.3, 0.4) is 0 Å². The second-order valence-electron chi connectivity index (χ2n) is 13.4. The Labute approximate surface area is 308 Å². The minimum atomic E-state index is -1.27. The number of carbonyl (C=O) groups excluding carboxylic acids is 3. The molecule has 0 aromatic heterocycles. The number of hydrogen-bond donors (Lipinski definition) is 4. The van der Waals surface area contributed by atoms with Crippen molar-refractivity contribution in [2.24, 2.45) is 5.92 Å². The van der Waals surface area contributed by atoms with Crippen molar-refractivity contribution in [3.63, 3.8) is 0 Å². The molecule has 11 nitrogen and oxygen atoms in total. The first-order valence-corrected chi connectivity index (χ1v) is 18.7. The van der Waals surface area contributed by atoms with Gasteiger partial charge in [0.1, 0.15) is 34.4 Å². The Hall–Kier alpha value is -4.97. The van der Waals surface area contributed by atoms with Crippen LogP contribution in [0, 0.1) is 5.92 Å². The Bertz CT molecular complexity index is 1790. The van der Waals surface area contributed by atoms with E-state index in [1.54, 1.807) is 42.5 Å². The maximum absolute atomic E-state index is 13.1. The first-order chi connectivity index (χ1) is 25.0. The number of nitrogens with one attached hydrogen (secondary N) is 2. The van der Waals surface area contributed by atoms with Crippen molar-refractivity contribution >= 4 is 35.6 Å². The number of carboxylic acids is 1. The van der Waals surface area contributed by atoms with E-state index >= 15 is 0 Å². The molecule has 12 heteroatoms. The number of aliphatic carboxylic acids is 1. The largest absolute Gasteiger partial charge is 0.507 e. The number of amides is 3. The molecule has 2 heterocycles. The molecule has 2 aromatic rings. The second-order valence-corrected chi connectivity index (χ2v) is 14.5. The van der Waals surface area contributed by atoms with E-state index in [-0.39, 0.29) is 42.2 Å². The molecule has 0 radical (unpaired) electrons. The summed E-state index contributed by atoms with van der Waals surface area (Å²) in [6.07, 6.45) is 10.1. The molecule has 3 aliphatic rings. The highest BCUT2D eigenvalue weighted by Crippen LogP contribution is 2.47. The van der Waals surface area contributed by atoms with Gasteiger partial charge in [-0.2, -0.15) is 0 Å². The zero-order chi connectivity index (χ0) is 37.4. The van der Waals surface area contributed by atoms with E-state index in [2.05, 4.69) is 37.1 Å². The number of para-hydroxylation sites is 1. The molecule has 1 fully saturated rings. The number of aryl methyl sites for hydroxylation is 1. The summed E-state index contributed by atoms with van der Waals surface area (Å²) in [6, 6.07) is 11.5. The van der Waals surface area contributed by atoms with Crippen LogP contribution in [0.2, 0.25) is 0 Å². The van der Waals surface area contributed by atoms with Gasteiger partial charge >= 0.3 is 12.1 Å². The average molecular weight is 730 g/mol. The quantitative estimate of drug-likeness (QED) is 0.0902. The van der Waals surface area contributed by atoms with E-state index < -0.39 is 35.3 Å². The maximum atomic E-state index is 13.1. The van der Waals surface area contributed by atoms with Gasteiger partial charge in [0.2, 0.25) is 0 Å². The van der Waals surface area contributed by atoms with Gasteiger partial charge in [0.05, 0.1) is 0 Å². The van der Waals surface area contributed by atoms with E-state index in [9.17, 15) is 29.4 Å². The minimum absolute atomic E-state index is 0.0196. The van der Waals surface area contributed by atoms with Crippen LogP contribution in [0.4, 0.5) is 4.79 Å². The predicted octanol–water partition coefficient (Wildman–Crippen LogP) is 6.60. The zero-order valence-corrected chi connectivity index (χ0v) is 30.7. The van der Waals surface area contributed by atoms with Crippen LogP contribution in [-0.2, 0) is 20.8 Å². The molecule has 276 valence electrons. The molecule has 4 N–H and O–H groups in total. The van der Waals surface area contributed by atoms with E-state index in [0.717, 1.165) is 49.7 Å². The lowest BCUT2D eigenvalue weighted by Crippen LogP contribution is -2.70. The van der Waals surface area contributed by atoms with Crippen LogP contribution in [0.5, 0.6) is 17.2 Å². The molecule has 3 amide bonds. The molecule has 1 aliphatic carbocycles. The molecule has 0 bridgehead atoms. The van der Waals surface area contributed by atoms with Crippen molar-refractivity contribution < 1.29 is 38.9 Å². The molecule has 52 heavy (non-hydrogen) atoms. The van der Waals surface area contributed by atoms with Gasteiger partial charge in [-0.15, -0.1) is 11.8 Å². The smallest absolute Gasteiger partial charge is 0.412 e. The third-order valence-electron chi connectivity index (χ3n) is 9.48. The van der Waals surface area contributed by atoms with Gasteiger partial charge < -0.3 is 30.3 Å². The van der Waals surface area contributed by atoms with Crippen molar-refractivity contribution in [2.75, 3.05) is 18.9 Å². The molecule has 1 saturated heterocycles. The second kappa shape index (κ2) is 17.5. The summed E-state index contributed by atoms with van der Waals surface area (Å²) in [4.78, 5) is 52.1. The monoisotopic (exact) mass is 729 g/mol. The molecule has 0 unspecified atom stereocenters. The highest BCUT2D eigenvalue weighted by atomic mass is 32.2. The van der Waals surface area contributed by atoms with Crippen LogP contribution in [0.1, 0.15) is 69.9 Å². The highest BCUT2D eigenvalue weighted by Gasteiger charge is 2.54. The van der Waals surface area contributed by atoms with Gasteiger partial charge in [-0.05, 0) is 80.9 Å². The van der Waals surface area contributed by atoms with Crippen molar-refractivity contribution in [1.82, 2.24) is 15.5 Å². The number of nitrogens with zero attached hydrogens (tertiary/aromatic N) is 1. The molecule has 4 atom stereocenters. The van der Waals surface area contributed by atoms with E-state index in [1.807, 2.05) is 19.1 Å². The normalized spacial score (nSPS) is 21.2. The number of ether oxygens (including phenoxy) is 2. The fraction of sp³-hybridized carbons (Fsp3) is 0.400. The number of carbonyl (C=O) groups is 4. The summed E-state index contributed by atoms with van der Waals surface area (Å²) in [7, 11) is 0. The van der Waals surface area contributed by atoms with Crippen molar-refractivity contribution in [1.29, 1.82) is 0 Å². The number of benzene rings is 2. The van der Waals surface area contributed by atoms with E-state index in [0.29, 0.717) is 22.6 Å². The Morgan fingerprint density at radius 2 is 1.92 bits per heavy atom. The first-order valence-electron chi connectivity index (χ1n) is 17.7. The maximum Gasteiger partial charge on any atom is 0.412 e. The highest BCUT2D eigenvalue weighted by molar-refractivity contribution is 8.00. The number of aromatic hydroxyl groups is 1. The van der Waals surface area contributed by atoms with Crippen molar-refractivity contribution in [2.45, 2.75) is 76.6 Å². The number of allylic oxidation sites excluding steroid dienone is 4. The number of unbranched alkanes of at least 4 members (excludes halogenated alkanes) is 2. The minimum Gasteiger partial charge on any atom is -0.507 e. The van der Waals surface area contributed by atoms with Gasteiger partial charge in [-0.25, -0.2) is 9.59 Å². The number of β-lactam (4-membered cyclic amide) rings is 1. The van der Waals surface area contributed by atoms with E-state index in [4.69, 9.17) is 9.47 Å². The summed E-state index contributed by atoms with van der Waals surface area (Å²) in [5.74, 6) is -1.23. The van der Waals surface area contributed by atoms with Gasteiger partial charge in [-0.3, -0.25) is 14.5 Å². The summed E-state index contributed by atoms with van der Waals surface area (Å²) in [5.41, 5.74) is 3.86. The summed E-state index contributed by atoms with van der Waals surface area (Å²) >= 11 is 1.33. The van der Waals surface area contributed by atoms with Crippen LogP contribution in [0.25, 0.3) is 0 Å². The first kappa shape index (κ1) is 38.3. The van der Waals surface area contributed by atoms with Crippen LogP contribution in [-0.4, -0.2) is 69.3 Å². The number of carboxylic acid groups (broad SMARTS) is 1. The SMILES string of the molecule is C=C(C)[C@@H]1CCC(C)=C[C@H]1c1c(O)cc(CCCCC)cc1OC(=O)NC/C=C/C1=C(C(=O)O)N2C(=O)[C@@H](NC(=O)COc3ccccc3)[C@H]2SC1. The van der Waals surface area contributed by atoms with Crippen molar-refractivity contribution in [3.8, 4) is 17.2 Å². The Morgan fingerprint density at radius 1 is 1.15 bits per heavy atom. The number of hydrogen-bond acceptors (Lipinski definition) is 8. The number of phenols is 1. The molecule has 2 aliphatic heterocycles. The third kappa shape index (κ3) is 9.08. The molecule has 5 rings (SSSR count). The predicted molar refractivity (Wildman–Crippen MR) is 200 cm³/mol. The number of phenolic OH excluding ortho intramolecular Hbond substituents is 1. The average Bonchev–Trinajstić information content (AvgIpc) is 3.11. The molecule has 0 saturated carbocycles. The van der Waals surface area contributed by atoms with E-state index in [1.165, 1.54) is 22.2 Å². The Morgan fingerprint density at radius 3 is 2.63 bits per heavy atom. The molecule has 2 aromatic carbocycles. The van der Waals surface area contributed by atoms with Gasteiger partial charge in [-0.1, -0.05) is 73.9 Å². The lowest BCUT2D eigenvalue weighted by Gasteiger charge is -2.49. The van der Waals surface area contributed by atoms with Gasteiger partial charge in [0, 0.05) is 23.8 Å². The zero-order valence-electron chi connectivity index (χ0n) is 29.9. The van der Waals surface area contributed by atoms with Gasteiger partial charge in [0.25, 0.3) is 11.8 Å². The summed E-state index contributed by atoms with van der Waals surface area (Å²) in [5, 5.41) is 26.1. The molecular formula is C40H47N3O8S. The third-order valence-corrected chi connectivity index (χ3v) is 10.8. The van der Waals surface area contributed by atoms with Crippen LogP contribution in [0.15, 0.2) is 89.7 Å². The lowest BCUT2D eigenvalue weighted by molar-refractivity contribution is -0.150. The topological polar surface area (TPSA) is 154 Å². The van der Waals surface area contributed by atoms with Crippen molar-refractivity contribution in [3.05, 3.63) is 101 Å². The Kier molecular flexibility index (Phi) is 12.9. The van der Waals surface area contributed by atoms with Crippen LogP contribution < -0.4 is 20.1 Å².